The van der Waals surface area contributed by atoms with Crippen LogP contribution in [0.15, 0.2) is 0 Å². The van der Waals surface area contributed by atoms with Gasteiger partial charge in [-0.05, 0) is 12.8 Å². The van der Waals surface area contributed by atoms with E-state index < -0.39 is 12.0 Å². The highest BCUT2D eigenvalue weighted by Crippen LogP contribution is 2.18. The molecule has 0 saturated carbocycles. The van der Waals surface area contributed by atoms with Crippen molar-refractivity contribution in [3.63, 3.8) is 0 Å². The monoisotopic (exact) mass is 300 g/mol. The zero-order valence-electron chi connectivity index (χ0n) is 12.8. The Bertz CT molecular complexity index is 397. The van der Waals surface area contributed by atoms with Crippen LogP contribution in [0.3, 0.4) is 0 Å². The summed E-state index contributed by atoms with van der Waals surface area (Å²) >= 11 is 0. The van der Waals surface area contributed by atoms with E-state index in [0.717, 1.165) is 6.42 Å². The molecule has 1 heterocycles. The lowest BCUT2D eigenvalue weighted by atomic mass is 9.96. The van der Waals surface area contributed by atoms with Gasteiger partial charge in [-0.15, -0.1) is 0 Å². The van der Waals surface area contributed by atoms with Crippen LogP contribution in [0.25, 0.3) is 0 Å². The summed E-state index contributed by atoms with van der Waals surface area (Å²) in [6, 6.07) is -1.06. The average Bonchev–Trinajstić information content (AvgIpc) is 2.45. The zero-order chi connectivity index (χ0) is 16.0. The molecule has 7 nitrogen and oxygen atoms in total. The number of piperidine rings is 1. The minimum atomic E-state index is -1.13. The molecule has 0 aromatic rings. The first-order valence-electron chi connectivity index (χ1n) is 7.17. The Hall–Kier alpha value is -1.63. The number of nitrogens with one attached hydrogen (secondary N) is 1. The fraction of sp³-hybridized carbons (Fsp3) is 0.786. The van der Waals surface area contributed by atoms with E-state index in [-0.39, 0.29) is 30.3 Å². The summed E-state index contributed by atoms with van der Waals surface area (Å²) in [7, 11) is 1.38. The first-order valence-corrected chi connectivity index (χ1v) is 7.17. The third-order valence-corrected chi connectivity index (χ3v) is 3.55. The highest BCUT2D eigenvalue weighted by molar-refractivity contribution is 5.86. The normalized spacial score (nSPS) is 20.2. The van der Waals surface area contributed by atoms with Gasteiger partial charge in [0.15, 0.2) is 6.04 Å². The fourth-order valence-corrected chi connectivity index (χ4v) is 2.39. The summed E-state index contributed by atoms with van der Waals surface area (Å²) in [6.07, 6.45) is 1.41. The van der Waals surface area contributed by atoms with E-state index in [0.29, 0.717) is 19.5 Å². The van der Waals surface area contributed by atoms with Crippen molar-refractivity contribution in [3.05, 3.63) is 0 Å². The molecule has 21 heavy (non-hydrogen) atoms. The summed E-state index contributed by atoms with van der Waals surface area (Å²) in [6.45, 7) is 4.57. The lowest BCUT2D eigenvalue weighted by Crippen LogP contribution is -2.51. The highest BCUT2D eigenvalue weighted by Gasteiger charge is 2.31. The SMILES string of the molecule is COCC(NC(=O)C1CCCN(C(=O)C(C)C)C1)C(=O)O. The Morgan fingerprint density at radius 3 is 2.57 bits per heavy atom. The van der Waals surface area contributed by atoms with Crippen molar-refractivity contribution in [1.82, 2.24) is 10.2 Å². The first kappa shape index (κ1) is 17.4. The van der Waals surface area contributed by atoms with Crippen LogP contribution < -0.4 is 5.32 Å². The Balaban J connectivity index is 2.61. The maximum Gasteiger partial charge on any atom is 0.328 e. The van der Waals surface area contributed by atoms with E-state index >= 15 is 0 Å². The summed E-state index contributed by atoms with van der Waals surface area (Å²) in [5.74, 6) is -1.90. The third kappa shape index (κ3) is 5.00. The molecule has 1 saturated heterocycles. The van der Waals surface area contributed by atoms with Crippen molar-refractivity contribution in [2.45, 2.75) is 32.7 Å². The van der Waals surface area contributed by atoms with Gasteiger partial charge in [-0.1, -0.05) is 13.8 Å². The molecule has 1 rings (SSSR count). The molecule has 7 heteroatoms. The van der Waals surface area contributed by atoms with Gasteiger partial charge in [0.25, 0.3) is 0 Å². The quantitative estimate of drug-likeness (QED) is 0.725. The Labute approximate surface area is 124 Å². The number of rotatable bonds is 6. The largest absolute Gasteiger partial charge is 0.480 e. The van der Waals surface area contributed by atoms with E-state index in [1.165, 1.54) is 7.11 Å². The number of hydrogen-bond acceptors (Lipinski definition) is 4. The molecular weight excluding hydrogens is 276 g/mol. The number of amides is 2. The predicted molar refractivity (Wildman–Crippen MR) is 75.6 cm³/mol. The lowest BCUT2D eigenvalue weighted by molar-refractivity contribution is -0.145. The van der Waals surface area contributed by atoms with Gasteiger partial charge in [0.2, 0.25) is 11.8 Å². The smallest absolute Gasteiger partial charge is 0.328 e. The number of hydrogen-bond donors (Lipinski definition) is 2. The Kier molecular flexibility index (Phi) is 6.61. The molecule has 1 aliphatic heterocycles. The Morgan fingerprint density at radius 1 is 1.38 bits per heavy atom. The van der Waals surface area contributed by atoms with Gasteiger partial charge < -0.3 is 20.1 Å². The molecule has 0 aliphatic carbocycles. The Morgan fingerprint density at radius 2 is 2.05 bits per heavy atom. The summed E-state index contributed by atoms with van der Waals surface area (Å²) < 4.78 is 4.78. The molecule has 2 atom stereocenters. The minimum Gasteiger partial charge on any atom is -0.480 e. The van der Waals surface area contributed by atoms with E-state index in [2.05, 4.69) is 5.32 Å². The molecule has 1 fully saturated rings. The van der Waals surface area contributed by atoms with Crippen LogP contribution in [0, 0.1) is 11.8 Å². The molecule has 2 N–H and O–H groups in total. The summed E-state index contributed by atoms with van der Waals surface area (Å²) in [5, 5.41) is 11.5. The molecular formula is C14H24N2O5. The molecule has 2 amide bonds. The van der Waals surface area contributed by atoms with Crippen molar-refractivity contribution in [3.8, 4) is 0 Å². The standard InChI is InChI=1S/C14H24N2O5/c1-9(2)13(18)16-6-4-5-10(7-16)12(17)15-11(8-21-3)14(19)20/h9-11H,4-8H2,1-3H3,(H,15,17)(H,19,20). The number of ether oxygens (including phenoxy) is 1. The molecule has 0 bridgehead atoms. The number of carboxylic acids is 1. The van der Waals surface area contributed by atoms with Crippen molar-refractivity contribution < 1.29 is 24.2 Å². The number of aliphatic carboxylic acids is 1. The van der Waals surface area contributed by atoms with E-state index in [1.54, 1.807) is 4.90 Å². The molecule has 0 spiro atoms. The van der Waals surface area contributed by atoms with Gasteiger partial charge in [-0.3, -0.25) is 9.59 Å². The number of likely N-dealkylation sites (tertiary alicyclic amines) is 1. The maximum atomic E-state index is 12.2. The molecule has 0 aromatic carbocycles. The van der Waals surface area contributed by atoms with Crippen LogP contribution in [0.5, 0.6) is 0 Å². The summed E-state index contributed by atoms with van der Waals surface area (Å²) in [5.41, 5.74) is 0. The van der Waals surface area contributed by atoms with E-state index in [9.17, 15) is 14.4 Å². The number of carboxylic acid groups (broad SMARTS) is 1. The van der Waals surface area contributed by atoms with Gasteiger partial charge in [0.1, 0.15) is 0 Å². The second-order valence-corrected chi connectivity index (χ2v) is 5.63. The second kappa shape index (κ2) is 7.97. The highest BCUT2D eigenvalue weighted by atomic mass is 16.5. The van der Waals surface area contributed by atoms with Gasteiger partial charge >= 0.3 is 5.97 Å². The van der Waals surface area contributed by atoms with Crippen LogP contribution in [0.4, 0.5) is 0 Å². The molecule has 2 unspecified atom stereocenters. The summed E-state index contributed by atoms with van der Waals surface area (Å²) in [4.78, 5) is 36.8. The van der Waals surface area contributed by atoms with Crippen LogP contribution in [-0.2, 0) is 19.1 Å². The van der Waals surface area contributed by atoms with Crippen molar-refractivity contribution in [2.24, 2.45) is 11.8 Å². The van der Waals surface area contributed by atoms with Crippen LogP contribution in [0.2, 0.25) is 0 Å². The minimum absolute atomic E-state index is 0.0270. The van der Waals surface area contributed by atoms with Gasteiger partial charge in [0.05, 0.1) is 12.5 Å². The molecule has 1 aliphatic rings. The van der Waals surface area contributed by atoms with Crippen molar-refractivity contribution in [1.29, 1.82) is 0 Å². The van der Waals surface area contributed by atoms with Gasteiger partial charge in [-0.25, -0.2) is 4.79 Å². The number of nitrogens with zero attached hydrogens (tertiary/aromatic N) is 1. The number of carbonyl (C=O) groups is 3. The fourth-order valence-electron chi connectivity index (χ4n) is 2.39. The molecule has 120 valence electrons. The molecule has 0 radical (unpaired) electrons. The zero-order valence-corrected chi connectivity index (χ0v) is 12.8. The maximum absolute atomic E-state index is 12.2. The number of methoxy groups -OCH3 is 1. The van der Waals surface area contributed by atoms with Crippen LogP contribution in [-0.4, -0.2) is 60.6 Å². The van der Waals surface area contributed by atoms with Crippen LogP contribution >= 0.6 is 0 Å². The van der Waals surface area contributed by atoms with Crippen LogP contribution in [0.1, 0.15) is 26.7 Å². The lowest BCUT2D eigenvalue weighted by Gasteiger charge is -2.33. The van der Waals surface area contributed by atoms with Gasteiger partial charge in [-0.2, -0.15) is 0 Å². The molecule has 0 aromatic heterocycles. The van der Waals surface area contributed by atoms with Crippen molar-refractivity contribution in [2.75, 3.05) is 26.8 Å². The number of carbonyl (C=O) groups excluding carboxylic acids is 2. The average molecular weight is 300 g/mol. The topological polar surface area (TPSA) is 95.9 Å². The van der Waals surface area contributed by atoms with Crippen molar-refractivity contribution >= 4 is 17.8 Å². The van der Waals surface area contributed by atoms with E-state index in [4.69, 9.17) is 9.84 Å². The first-order chi connectivity index (χ1) is 9.86. The third-order valence-electron chi connectivity index (χ3n) is 3.55. The second-order valence-electron chi connectivity index (χ2n) is 5.63. The van der Waals surface area contributed by atoms with E-state index in [1.807, 2.05) is 13.8 Å². The van der Waals surface area contributed by atoms with Gasteiger partial charge in [0, 0.05) is 26.1 Å². The predicted octanol–water partition coefficient (Wildman–Crippen LogP) is 0.0968.